The van der Waals surface area contributed by atoms with Crippen LogP contribution < -0.4 is 101 Å². The lowest BCUT2D eigenvalue weighted by molar-refractivity contribution is -0.408. The van der Waals surface area contributed by atoms with Crippen molar-refractivity contribution in [3.8, 4) is 0 Å². The monoisotopic (exact) mass is 1390 g/mol. The molecule has 0 saturated carbocycles. The van der Waals surface area contributed by atoms with Crippen LogP contribution in [0, 0.1) is 0 Å². The second-order valence-electron chi connectivity index (χ2n) is 14.2. The molecule has 1 rings (SSSR count). The zero-order valence-corrected chi connectivity index (χ0v) is 51.6. The van der Waals surface area contributed by atoms with E-state index in [2.05, 4.69) is 69.4 Å². The van der Waals surface area contributed by atoms with E-state index in [1.54, 1.807) is 13.8 Å². The van der Waals surface area contributed by atoms with E-state index >= 15 is 0 Å². The highest BCUT2D eigenvalue weighted by molar-refractivity contribution is 8.72. The van der Waals surface area contributed by atoms with E-state index in [0.717, 1.165) is 6.92 Å². The number of aliphatic hydroxyl groups is 1. The first kappa shape index (κ1) is 105. The van der Waals surface area contributed by atoms with E-state index in [9.17, 15) is 65.4 Å². The normalized spacial score (nSPS) is 16.5. The van der Waals surface area contributed by atoms with Crippen LogP contribution in [0.15, 0.2) is 0 Å². The highest BCUT2D eigenvalue weighted by Gasteiger charge is 2.41. The average molecular weight is 1400 g/mol. The Morgan fingerprint density at radius 2 is 1.07 bits per heavy atom. The van der Waals surface area contributed by atoms with Crippen molar-refractivity contribution in [1.29, 1.82) is 0 Å². The number of Topliss-reactive ketones (excluding diaryl/α,β-unsaturated/α-hetero) is 1. The Morgan fingerprint density at radius 1 is 0.700 bits per heavy atom. The summed E-state index contributed by atoms with van der Waals surface area (Å²) in [7, 11) is -3.30. The van der Waals surface area contributed by atoms with Gasteiger partial charge < -0.3 is 151 Å². The van der Waals surface area contributed by atoms with Gasteiger partial charge in [-0.15, -0.1) is 11.8 Å². The summed E-state index contributed by atoms with van der Waals surface area (Å²) in [5.74, 6) is -12.0. The number of carbonyl (C=O) groups is 11. The highest BCUT2D eigenvalue weighted by Crippen LogP contribution is 2.30. The number of quaternary nitrogens is 5. The number of hydrogen-bond acceptors (Lipinski definition) is 23. The maximum absolute atomic E-state index is 11.3. The fourth-order valence-corrected chi connectivity index (χ4v) is 7.87. The first-order chi connectivity index (χ1) is 33.9. The molecular formula is C34H72Cl5N7O28S6. The summed E-state index contributed by atoms with van der Waals surface area (Å²) < 4.78 is 40.7. The van der Waals surface area contributed by atoms with Gasteiger partial charge in [0, 0.05) is 30.9 Å². The molecule has 0 aromatic rings. The highest BCUT2D eigenvalue weighted by atomic mass is 35.5. The summed E-state index contributed by atoms with van der Waals surface area (Å²) in [6.07, 6.45) is -0.625. The van der Waals surface area contributed by atoms with Crippen LogP contribution >= 0.6 is 47.8 Å². The second kappa shape index (κ2) is 59.1. The van der Waals surface area contributed by atoms with Gasteiger partial charge in [-0.25, -0.2) is 55.9 Å². The number of thiol groups is 2. The van der Waals surface area contributed by atoms with Crippen LogP contribution in [0.4, 0.5) is 0 Å². The maximum atomic E-state index is 11.3. The van der Waals surface area contributed by atoms with Crippen LogP contribution in [0.1, 0.15) is 41.0 Å². The number of halogens is 5. The van der Waals surface area contributed by atoms with Crippen molar-refractivity contribution in [2.45, 2.75) is 100 Å². The van der Waals surface area contributed by atoms with Gasteiger partial charge in [0.15, 0.2) is 46.2 Å². The van der Waals surface area contributed by atoms with Crippen molar-refractivity contribution in [3.63, 3.8) is 0 Å². The predicted octanol–water partition coefficient (Wildman–Crippen LogP) is -24.4. The van der Waals surface area contributed by atoms with Gasteiger partial charge in [-0.3, -0.25) is 30.3 Å². The van der Waals surface area contributed by atoms with Crippen molar-refractivity contribution < 1.29 is 227 Å². The Hall–Kier alpha value is -3.12. The second-order valence-corrected chi connectivity index (χ2v) is 21.6. The Labute approximate surface area is 509 Å². The van der Waals surface area contributed by atoms with Gasteiger partial charge in [-0.05, 0) is 31.6 Å². The molecule has 482 valence electrons. The molecule has 5 unspecified atom stereocenters. The Balaban J connectivity index is -0.0000000670. The third-order valence-electron chi connectivity index (χ3n) is 7.35. The molecular weight excluding hydrogens is 1320 g/mol. The molecule has 0 aliphatic carbocycles. The summed E-state index contributed by atoms with van der Waals surface area (Å²) in [6, 6.07) is -6.18. The number of carboxylic acids is 10. The van der Waals surface area contributed by atoms with E-state index in [-0.39, 0.29) is 91.9 Å². The molecule has 1 aliphatic heterocycles. The number of thioether (sulfide) groups is 1. The number of hydrogen-bond donors (Lipinski definition) is 22. The molecule has 0 radical (unpaired) electrons. The van der Waals surface area contributed by atoms with Crippen molar-refractivity contribution in [2.75, 3.05) is 41.1 Å². The SMILES string of the molecule is CC(=O)C(=O)O.CC(N[C@@H](CS)C(=O)O)C(=O)O.CC(O)C(=O)O.CC1(C(=O)O)N[C@H](COO)CS1.CC[C@H]([NH3+])C(=O)O.[Cl-].[Cl-].[Cl-].[Cl-].[Cl-].[NH3+]C(CSS(=O)(=O)C[C@H]([NH3+])C(=O)O)C(=O)O.[NH3+][C@@H](CS(=O)O)C(=O)O.[NH3+][C@@H](CS)C(=O)O. The largest absolute Gasteiger partial charge is 1.00 e. The number of aliphatic hydroxyl groups excluding tert-OH is 1. The fourth-order valence-electron chi connectivity index (χ4n) is 2.74. The van der Waals surface area contributed by atoms with Crippen molar-refractivity contribution in [3.05, 3.63) is 0 Å². The Kier molecular flexibility index (Phi) is 77.6. The number of carbonyl (C=O) groups excluding carboxylic acids is 1. The van der Waals surface area contributed by atoms with E-state index in [1.807, 2.05) is 0 Å². The minimum absolute atomic E-state index is 0. The molecule has 0 spiro atoms. The summed E-state index contributed by atoms with van der Waals surface area (Å²) in [5, 5.41) is 104. The molecule has 1 heterocycles. The van der Waals surface area contributed by atoms with E-state index in [4.69, 9.17) is 66.0 Å². The fraction of sp³-hybridized carbons (Fsp3) is 0.676. The number of nitrogens with one attached hydrogen (secondary N) is 2. The summed E-state index contributed by atoms with van der Waals surface area (Å²) in [6.45, 7) is 7.09. The van der Waals surface area contributed by atoms with Crippen LogP contribution in [-0.4, -0.2) is 245 Å². The topological polar surface area (TPSA) is 673 Å². The third kappa shape index (κ3) is 67.4. The van der Waals surface area contributed by atoms with Gasteiger partial charge in [0.05, 0.1) is 18.1 Å². The van der Waals surface area contributed by atoms with Gasteiger partial charge in [-0.1, -0.05) is 6.92 Å². The molecule has 1 fully saturated rings. The number of carboxylic acid groups (broad SMARTS) is 10. The van der Waals surface area contributed by atoms with Crippen LogP contribution in [0.25, 0.3) is 0 Å². The lowest BCUT2D eigenvalue weighted by atomic mass is 10.2. The molecule has 46 heteroatoms. The van der Waals surface area contributed by atoms with Crippen molar-refractivity contribution in [1.82, 2.24) is 10.6 Å². The molecule has 11 atom stereocenters. The van der Waals surface area contributed by atoms with Gasteiger partial charge >= 0.3 is 59.7 Å². The minimum Gasteiger partial charge on any atom is -1.00 e. The molecule has 30 N–H and O–H groups in total. The summed E-state index contributed by atoms with van der Waals surface area (Å²) >= 11 is 6.71. The van der Waals surface area contributed by atoms with E-state index in [0.29, 0.717) is 28.7 Å². The first-order valence-electron chi connectivity index (χ1n) is 20.1. The van der Waals surface area contributed by atoms with Gasteiger partial charge in [0.1, 0.15) is 29.7 Å². The zero-order chi connectivity index (χ0) is 61.3. The van der Waals surface area contributed by atoms with E-state index in [1.165, 1.54) is 25.6 Å². The van der Waals surface area contributed by atoms with Crippen molar-refractivity contribution >= 4 is 133 Å². The lowest BCUT2D eigenvalue weighted by Gasteiger charge is -2.18. The Bertz CT molecular complexity index is 1920. The zero-order valence-electron chi connectivity index (χ0n) is 42.7. The average Bonchev–Trinajstić information content (AvgIpc) is 3.68. The molecule has 0 aromatic carbocycles. The van der Waals surface area contributed by atoms with Gasteiger partial charge in [-0.2, -0.15) is 25.3 Å². The third-order valence-corrected chi connectivity index (χ3v) is 13.9. The predicted molar refractivity (Wildman–Crippen MR) is 265 cm³/mol. The van der Waals surface area contributed by atoms with Crippen LogP contribution in [-0.2, 0) is 77.6 Å². The minimum atomic E-state index is -3.68. The van der Waals surface area contributed by atoms with Crippen LogP contribution in [0.5, 0.6) is 0 Å². The van der Waals surface area contributed by atoms with Gasteiger partial charge in [0.25, 0.3) is 0 Å². The lowest BCUT2D eigenvalue weighted by Crippen LogP contribution is -3.00. The molecule has 0 aromatic heterocycles. The van der Waals surface area contributed by atoms with Crippen LogP contribution in [0.3, 0.4) is 0 Å². The standard InChI is InChI=1S/C6H12N2O6S2.2C6H11NO4S.C4H9NO2.C3H7NO4S.C3H7NO2S.C3H6O3.C3H4O3.5ClH/c7-3(5(9)10)1-15-16(13,14)2-4(8)6(11)12;1-6(5(8)9)7-4(2-11-10)3-12-6;1-3(5(8)9)7-4(2-12)6(10)11;1-2-3(5)4(6)7;4-2(3(5)6)1-9(7)8;4-2(1-7)3(5)6;2*1-2(4)3(5)6;;;;;/h3-4H,1-2,7-8H2,(H,9,10)(H,11,12);4,7,10H,2-3H2,1H3,(H,8,9);3-4,7,12H,2H2,1H3,(H,8,9)(H,10,11);3H,2,5H2,1H3,(H,6,7);2H,1,4H2,(H,5,6)(H,7,8);2,7H,1,4H2,(H,5,6);2,4H,1H3,(H,5,6);1H3,(H,5,6);5*1H/t3?,4-;4-,6?;3?,4-;3-;2*2-;;;;;;;/m010000......./s1. The molecule has 0 bridgehead atoms. The molecule has 1 aliphatic rings. The smallest absolute Gasteiger partial charge is 0.371 e. The molecule has 1 saturated heterocycles. The molecule has 0 amide bonds. The van der Waals surface area contributed by atoms with Crippen molar-refractivity contribution in [2.24, 2.45) is 0 Å². The first-order valence-corrected chi connectivity index (χ1v) is 26.8. The quantitative estimate of drug-likeness (QED) is 0.0107. The maximum Gasteiger partial charge on any atom is 0.371 e. The molecule has 35 nitrogen and oxygen atoms in total. The van der Waals surface area contributed by atoms with Gasteiger partial charge in [0.2, 0.25) is 14.7 Å². The van der Waals surface area contributed by atoms with Crippen LogP contribution in [0.2, 0.25) is 0 Å². The number of aliphatic carboxylic acids is 10. The van der Waals surface area contributed by atoms with E-state index < -0.39 is 144 Å². The number of ketones is 1. The summed E-state index contributed by atoms with van der Waals surface area (Å²) in [4.78, 5) is 113. The molecule has 80 heavy (non-hydrogen) atoms. The number of rotatable bonds is 24. The summed E-state index contributed by atoms with van der Waals surface area (Å²) in [5.41, 5.74) is 16.2. The Morgan fingerprint density at radius 3 is 1.26 bits per heavy atom.